The van der Waals surface area contributed by atoms with Gasteiger partial charge in [-0.1, -0.05) is 41.4 Å². The topological polar surface area (TPSA) is 73.1 Å². The molecule has 3 aromatic rings. The Morgan fingerprint density at radius 2 is 1.65 bits per heavy atom. The lowest BCUT2D eigenvalue weighted by Gasteiger charge is -2.08. The minimum Gasteiger partial charge on any atom is -0.283 e. The van der Waals surface area contributed by atoms with Crippen molar-refractivity contribution in [2.75, 3.05) is 4.72 Å². The van der Waals surface area contributed by atoms with E-state index < -0.39 is 15.6 Å². The van der Waals surface area contributed by atoms with Crippen LogP contribution in [0.3, 0.4) is 0 Å². The molecule has 3 rings (SSSR count). The summed E-state index contributed by atoms with van der Waals surface area (Å²) in [6.07, 6.45) is 0. The molecule has 0 unspecified atom stereocenters. The normalized spacial score (nSPS) is 11.5. The van der Waals surface area contributed by atoms with Crippen LogP contribution in [0, 0.1) is 6.92 Å². The lowest BCUT2D eigenvalue weighted by molar-refractivity contribution is 0.601. The Morgan fingerprint density at radius 1 is 1.00 bits per heavy atom. The molecule has 9 heteroatoms. The molecule has 136 valence electrons. The SMILES string of the molecule is Cc1c(NS(=O)(=O)c2ccc(Cl)c(Cl)c2)c(=O)n(-c2ccccc2)n1C. The minimum absolute atomic E-state index is 0.0255. The first-order valence-corrected chi connectivity index (χ1v) is 9.78. The monoisotopic (exact) mass is 411 g/mol. The Kier molecular flexibility index (Phi) is 4.88. The highest BCUT2D eigenvalue weighted by atomic mass is 35.5. The zero-order chi connectivity index (χ0) is 19.1. The second-order valence-electron chi connectivity index (χ2n) is 5.62. The first-order chi connectivity index (χ1) is 12.2. The van der Waals surface area contributed by atoms with Gasteiger partial charge in [0.1, 0.15) is 5.69 Å². The Morgan fingerprint density at radius 3 is 2.27 bits per heavy atom. The third-order valence-corrected chi connectivity index (χ3v) is 6.08. The van der Waals surface area contributed by atoms with Crippen LogP contribution in [0.1, 0.15) is 5.69 Å². The molecule has 0 spiro atoms. The summed E-state index contributed by atoms with van der Waals surface area (Å²) in [5.74, 6) is 0. The van der Waals surface area contributed by atoms with Crippen LogP contribution in [0.15, 0.2) is 58.2 Å². The summed E-state index contributed by atoms with van der Waals surface area (Å²) >= 11 is 11.7. The van der Waals surface area contributed by atoms with Crippen LogP contribution in [-0.2, 0) is 17.1 Å². The van der Waals surface area contributed by atoms with E-state index in [9.17, 15) is 13.2 Å². The van der Waals surface area contributed by atoms with Crippen molar-refractivity contribution in [2.24, 2.45) is 7.05 Å². The Bertz CT molecular complexity index is 1140. The molecule has 1 heterocycles. The van der Waals surface area contributed by atoms with Gasteiger partial charge in [0.2, 0.25) is 0 Å². The zero-order valence-corrected chi connectivity index (χ0v) is 16.2. The summed E-state index contributed by atoms with van der Waals surface area (Å²) in [7, 11) is -2.32. The summed E-state index contributed by atoms with van der Waals surface area (Å²) in [5, 5.41) is 0.356. The lowest BCUT2D eigenvalue weighted by atomic mass is 10.3. The Labute approximate surface area is 160 Å². The van der Waals surface area contributed by atoms with Crippen molar-refractivity contribution in [1.29, 1.82) is 0 Å². The van der Waals surface area contributed by atoms with E-state index in [0.29, 0.717) is 11.4 Å². The van der Waals surface area contributed by atoms with Crippen molar-refractivity contribution in [3.05, 3.63) is 74.6 Å². The van der Waals surface area contributed by atoms with E-state index >= 15 is 0 Å². The summed E-state index contributed by atoms with van der Waals surface area (Å²) in [6.45, 7) is 1.66. The molecule has 2 aromatic carbocycles. The number of aromatic nitrogens is 2. The van der Waals surface area contributed by atoms with E-state index in [1.54, 1.807) is 42.9 Å². The van der Waals surface area contributed by atoms with Gasteiger partial charge in [-0.3, -0.25) is 14.2 Å². The van der Waals surface area contributed by atoms with Crippen LogP contribution in [0.5, 0.6) is 0 Å². The quantitative estimate of drug-likeness (QED) is 0.712. The molecule has 26 heavy (non-hydrogen) atoms. The first-order valence-electron chi connectivity index (χ1n) is 7.54. The van der Waals surface area contributed by atoms with Gasteiger partial charge in [-0.05, 0) is 37.3 Å². The molecule has 0 saturated carbocycles. The maximum Gasteiger partial charge on any atom is 0.296 e. The van der Waals surface area contributed by atoms with Crippen molar-refractivity contribution in [1.82, 2.24) is 9.36 Å². The molecule has 6 nitrogen and oxygen atoms in total. The highest BCUT2D eigenvalue weighted by Crippen LogP contribution is 2.26. The number of sulfonamides is 1. The number of halogens is 2. The highest BCUT2D eigenvalue weighted by molar-refractivity contribution is 7.92. The van der Waals surface area contributed by atoms with Crippen LogP contribution in [0.2, 0.25) is 10.0 Å². The molecule has 0 aliphatic heterocycles. The summed E-state index contributed by atoms with van der Waals surface area (Å²) in [6, 6.07) is 12.9. The molecule has 0 bridgehead atoms. The molecule has 0 radical (unpaired) electrons. The second kappa shape index (κ2) is 6.83. The highest BCUT2D eigenvalue weighted by Gasteiger charge is 2.23. The summed E-state index contributed by atoms with van der Waals surface area (Å²) in [5.41, 5.74) is 0.604. The predicted octanol–water partition coefficient (Wildman–Crippen LogP) is 3.59. The zero-order valence-electron chi connectivity index (χ0n) is 13.9. The van der Waals surface area contributed by atoms with Crippen molar-refractivity contribution >= 4 is 38.9 Å². The lowest BCUT2D eigenvalue weighted by Crippen LogP contribution is -2.23. The fourth-order valence-corrected chi connectivity index (χ4v) is 4.03. The van der Waals surface area contributed by atoms with Crippen molar-refractivity contribution < 1.29 is 8.42 Å². The fourth-order valence-electron chi connectivity index (χ4n) is 2.52. The molecular formula is C17H15Cl2N3O3S. The molecule has 0 amide bonds. The largest absolute Gasteiger partial charge is 0.296 e. The first kappa shape index (κ1) is 18.6. The van der Waals surface area contributed by atoms with Crippen LogP contribution in [0.25, 0.3) is 5.69 Å². The number of hydrogen-bond donors (Lipinski definition) is 1. The van der Waals surface area contributed by atoms with Crippen LogP contribution in [-0.4, -0.2) is 17.8 Å². The third-order valence-electron chi connectivity index (χ3n) is 3.99. The fraction of sp³-hybridized carbons (Fsp3) is 0.118. The van der Waals surface area contributed by atoms with E-state index in [0.717, 1.165) is 0 Å². The van der Waals surface area contributed by atoms with Gasteiger partial charge in [0.05, 0.1) is 26.3 Å². The molecule has 0 atom stereocenters. The average molecular weight is 412 g/mol. The number of nitrogens with zero attached hydrogens (tertiary/aromatic N) is 2. The van der Waals surface area contributed by atoms with Gasteiger partial charge >= 0.3 is 0 Å². The molecule has 0 fully saturated rings. The number of rotatable bonds is 4. The average Bonchev–Trinajstić information content (AvgIpc) is 2.81. The molecule has 1 N–H and O–H groups in total. The molecular weight excluding hydrogens is 397 g/mol. The van der Waals surface area contributed by atoms with Crippen molar-refractivity contribution in [3.8, 4) is 5.69 Å². The summed E-state index contributed by atoms with van der Waals surface area (Å²) in [4.78, 5) is 12.7. The Hall–Kier alpha value is -2.22. The molecule has 0 aliphatic carbocycles. The number of hydrogen-bond acceptors (Lipinski definition) is 3. The number of benzene rings is 2. The third kappa shape index (κ3) is 3.25. The minimum atomic E-state index is -4.00. The van der Waals surface area contributed by atoms with E-state index in [1.165, 1.54) is 22.9 Å². The van der Waals surface area contributed by atoms with Crippen LogP contribution in [0.4, 0.5) is 5.69 Å². The van der Waals surface area contributed by atoms with Gasteiger partial charge in [-0.2, -0.15) is 0 Å². The number of nitrogens with one attached hydrogen (secondary N) is 1. The Balaban J connectivity index is 2.08. The maximum absolute atomic E-state index is 12.8. The number of para-hydroxylation sites is 1. The van der Waals surface area contributed by atoms with E-state index in [2.05, 4.69) is 4.72 Å². The maximum atomic E-state index is 12.8. The van der Waals surface area contributed by atoms with Gasteiger partial charge in [0.25, 0.3) is 15.6 Å². The van der Waals surface area contributed by atoms with E-state index in [1.807, 2.05) is 6.07 Å². The predicted molar refractivity (Wildman–Crippen MR) is 103 cm³/mol. The van der Waals surface area contributed by atoms with Crippen LogP contribution >= 0.6 is 23.2 Å². The van der Waals surface area contributed by atoms with Gasteiger partial charge in [-0.25, -0.2) is 13.1 Å². The number of anilines is 1. The smallest absolute Gasteiger partial charge is 0.283 e. The van der Waals surface area contributed by atoms with Crippen molar-refractivity contribution in [3.63, 3.8) is 0 Å². The molecule has 0 saturated heterocycles. The summed E-state index contributed by atoms with van der Waals surface area (Å²) < 4.78 is 30.7. The van der Waals surface area contributed by atoms with Crippen LogP contribution < -0.4 is 10.3 Å². The molecule has 1 aromatic heterocycles. The van der Waals surface area contributed by atoms with Gasteiger partial charge in [-0.15, -0.1) is 0 Å². The van der Waals surface area contributed by atoms with Gasteiger partial charge in [0, 0.05) is 7.05 Å². The van der Waals surface area contributed by atoms with E-state index in [4.69, 9.17) is 23.2 Å². The van der Waals surface area contributed by atoms with Crippen molar-refractivity contribution in [2.45, 2.75) is 11.8 Å². The standard InChI is InChI=1S/C17H15Cl2N3O3S/c1-11-16(17(23)22(21(11)2)12-6-4-3-5-7-12)20-26(24,25)13-8-9-14(18)15(19)10-13/h3-10,20H,1-2H3. The van der Waals surface area contributed by atoms with Gasteiger partial charge < -0.3 is 0 Å². The second-order valence-corrected chi connectivity index (χ2v) is 8.11. The molecule has 0 aliphatic rings. The van der Waals surface area contributed by atoms with Gasteiger partial charge in [0.15, 0.2) is 0 Å². The van der Waals surface area contributed by atoms with E-state index in [-0.39, 0.29) is 20.6 Å².